The van der Waals surface area contributed by atoms with Gasteiger partial charge in [-0.15, -0.1) is 0 Å². The molecule has 1 atom stereocenters. The fourth-order valence-electron chi connectivity index (χ4n) is 1.14. The van der Waals surface area contributed by atoms with Gasteiger partial charge >= 0.3 is 5.97 Å². The van der Waals surface area contributed by atoms with Crippen molar-refractivity contribution in [3.63, 3.8) is 0 Å². The molecule has 16 heavy (non-hydrogen) atoms. The number of aliphatic carboxylic acids is 1. The summed E-state index contributed by atoms with van der Waals surface area (Å²) in [4.78, 5) is 10.5. The van der Waals surface area contributed by atoms with Gasteiger partial charge < -0.3 is 21.1 Å². The van der Waals surface area contributed by atoms with Crippen LogP contribution >= 0.6 is 15.9 Å². The molecule has 0 heterocycles. The highest BCUT2D eigenvalue weighted by Gasteiger charge is 2.21. The third-order valence-electron chi connectivity index (χ3n) is 2.02. The predicted octanol–water partition coefficient (Wildman–Crippen LogP) is 0.954. The molecule has 0 spiro atoms. The van der Waals surface area contributed by atoms with Crippen molar-refractivity contribution < 1.29 is 24.5 Å². The number of halogens is 2. The van der Waals surface area contributed by atoms with Crippen molar-refractivity contribution in [1.29, 1.82) is 0 Å². The van der Waals surface area contributed by atoms with Crippen molar-refractivity contribution in [3.8, 4) is 11.5 Å². The summed E-state index contributed by atoms with van der Waals surface area (Å²) in [5.41, 5.74) is 5.32. The van der Waals surface area contributed by atoms with E-state index in [4.69, 9.17) is 15.9 Å². The van der Waals surface area contributed by atoms with Gasteiger partial charge in [0, 0.05) is 16.5 Å². The maximum atomic E-state index is 12.9. The summed E-state index contributed by atoms with van der Waals surface area (Å²) in [6, 6.07) is -0.314. The lowest BCUT2D eigenvalue weighted by Gasteiger charge is -2.11. The van der Waals surface area contributed by atoms with Crippen LogP contribution in [0.2, 0.25) is 0 Å². The molecule has 0 fully saturated rings. The molecule has 0 aliphatic carbocycles. The van der Waals surface area contributed by atoms with Crippen molar-refractivity contribution in [3.05, 3.63) is 21.9 Å². The van der Waals surface area contributed by atoms with E-state index < -0.39 is 29.3 Å². The van der Waals surface area contributed by atoms with Gasteiger partial charge in [0.1, 0.15) is 6.04 Å². The molecular formula is C9H9BrFNO4. The molecule has 0 radical (unpaired) electrons. The first kappa shape index (κ1) is 12.7. The zero-order chi connectivity index (χ0) is 12.5. The van der Waals surface area contributed by atoms with E-state index in [1.54, 1.807) is 0 Å². The van der Waals surface area contributed by atoms with Crippen LogP contribution in [-0.4, -0.2) is 27.3 Å². The molecule has 1 aromatic rings. The Hall–Kier alpha value is -1.34. The molecule has 0 bridgehead atoms. The summed E-state index contributed by atoms with van der Waals surface area (Å²) < 4.78 is 13.1. The lowest BCUT2D eigenvalue weighted by molar-refractivity contribution is -0.138. The van der Waals surface area contributed by atoms with Crippen LogP contribution in [0.5, 0.6) is 11.5 Å². The van der Waals surface area contributed by atoms with Gasteiger partial charge in [-0.2, -0.15) is 0 Å². The van der Waals surface area contributed by atoms with Gasteiger partial charge in [0.25, 0.3) is 0 Å². The van der Waals surface area contributed by atoms with Gasteiger partial charge in [-0.05, 0) is 6.07 Å². The maximum Gasteiger partial charge on any atom is 0.320 e. The van der Waals surface area contributed by atoms with E-state index in [0.29, 0.717) is 0 Å². The Balaban J connectivity index is 3.14. The molecule has 1 unspecified atom stereocenters. The minimum Gasteiger partial charge on any atom is -0.504 e. The lowest BCUT2D eigenvalue weighted by atomic mass is 10.0. The van der Waals surface area contributed by atoms with Gasteiger partial charge in [0.15, 0.2) is 17.3 Å². The fraction of sp³-hybridized carbons (Fsp3) is 0.222. The highest BCUT2D eigenvalue weighted by Crippen LogP contribution is 2.37. The minimum atomic E-state index is -1.25. The van der Waals surface area contributed by atoms with Crippen molar-refractivity contribution in [1.82, 2.24) is 0 Å². The van der Waals surface area contributed by atoms with E-state index in [2.05, 4.69) is 15.9 Å². The number of hydrogen-bond donors (Lipinski definition) is 4. The molecule has 5 N–H and O–H groups in total. The van der Waals surface area contributed by atoms with Gasteiger partial charge in [0.2, 0.25) is 0 Å². The molecule has 0 aliphatic heterocycles. The molecular weight excluding hydrogens is 285 g/mol. The first-order valence-corrected chi connectivity index (χ1v) is 5.01. The maximum absolute atomic E-state index is 12.9. The number of hydrogen-bond acceptors (Lipinski definition) is 4. The Morgan fingerprint density at radius 2 is 2.06 bits per heavy atom. The first-order valence-electron chi connectivity index (χ1n) is 4.21. The first-order chi connectivity index (χ1) is 7.34. The average Bonchev–Trinajstić information content (AvgIpc) is 2.20. The van der Waals surface area contributed by atoms with Gasteiger partial charge in [-0.1, -0.05) is 15.9 Å². The number of phenolic OH excluding ortho intramolecular Hbond substituents is 2. The van der Waals surface area contributed by atoms with Crippen molar-refractivity contribution in [2.24, 2.45) is 5.73 Å². The minimum absolute atomic E-state index is 0.0498. The molecule has 1 rings (SSSR count). The smallest absolute Gasteiger partial charge is 0.320 e. The van der Waals surface area contributed by atoms with Crippen LogP contribution in [0, 0.1) is 5.82 Å². The quantitative estimate of drug-likeness (QED) is 0.621. The summed E-state index contributed by atoms with van der Waals surface area (Å²) in [5.74, 6) is -3.88. The number of nitrogens with two attached hydrogens (primary N) is 1. The Labute approximate surface area is 98.4 Å². The van der Waals surface area contributed by atoms with E-state index in [1.165, 1.54) is 0 Å². The molecule has 0 saturated carbocycles. The van der Waals surface area contributed by atoms with Crippen molar-refractivity contribution in [2.45, 2.75) is 12.5 Å². The van der Waals surface area contributed by atoms with Crippen LogP contribution in [0.15, 0.2) is 10.5 Å². The van der Waals surface area contributed by atoms with E-state index in [1.807, 2.05) is 0 Å². The Morgan fingerprint density at radius 3 is 2.56 bits per heavy atom. The number of carboxylic acids is 1. The molecule has 1 aromatic carbocycles. The van der Waals surface area contributed by atoms with E-state index in [-0.39, 0.29) is 16.5 Å². The van der Waals surface area contributed by atoms with Crippen LogP contribution in [-0.2, 0) is 11.2 Å². The monoisotopic (exact) mass is 293 g/mol. The summed E-state index contributed by atoms with van der Waals surface area (Å²) in [6.45, 7) is 0. The van der Waals surface area contributed by atoms with Gasteiger partial charge in [-0.3, -0.25) is 4.79 Å². The zero-order valence-corrected chi connectivity index (χ0v) is 9.53. The summed E-state index contributed by atoms with van der Waals surface area (Å²) in [5, 5.41) is 27.1. The second kappa shape index (κ2) is 4.67. The molecule has 5 nitrogen and oxygen atoms in total. The number of phenols is 2. The Kier molecular flexibility index (Phi) is 3.71. The molecule has 0 aliphatic rings. The average molecular weight is 294 g/mol. The summed E-state index contributed by atoms with van der Waals surface area (Å²) >= 11 is 2.95. The van der Waals surface area contributed by atoms with Crippen LogP contribution in [0.25, 0.3) is 0 Å². The standard InChI is InChI=1S/C9H9BrFNO4/c10-4-2-5(11)8(14)7(13)3(4)1-6(12)9(15)16/h2,6,13-14H,1,12H2,(H,15,16). The largest absolute Gasteiger partial charge is 0.504 e. The van der Waals surface area contributed by atoms with Crippen LogP contribution < -0.4 is 5.73 Å². The number of rotatable bonds is 3. The summed E-state index contributed by atoms with van der Waals surface area (Å²) in [7, 11) is 0. The molecule has 0 saturated heterocycles. The van der Waals surface area contributed by atoms with Crippen molar-refractivity contribution in [2.75, 3.05) is 0 Å². The molecule has 7 heteroatoms. The van der Waals surface area contributed by atoms with E-state index in [0.717, 1.165) is 6.07 Å². The second-order valence-electron chi connectivity index (χ2n) is 3.16. The summed E-state index contributed by atoms with van der Waals surface area (Å²) in [6.07, 6.45) is -0.227. The number of aromatic hydroxyl groups is 2. The highest BCUT2D eigenvalue weighted by atomic mass is 79.9. The van der Waals surface area contributed by atoms with Crippen LogP contribution in [0.3, 0.4) is 0 Å². The van der Waals surface area contributed by atoms with E-state index >= 15 is 0 Å². The molecule has 88 valence electrons. The van der Waals surface area contributed by atoms with Crippen LogP contribution in [0.4, 0.5) is 4.39 Å². The number of carbonyl (C=O) groups is 1. The third-order valence-corrected chi connectivity index (χ3v) is 2.73. The topological polar surface area (TPSA) is 104 Å². The second-order valence-corrected chi connectivity index (χ2v) is 4.02. The SMILES string of the molecule is NC(Cc1c(Br)cc(F)c(O)c1O)C(=O)O. The van der Waals surface area contributed by atoms with E-state index in [9.17, 15) is 14.3 Å². The van der Waals surface area contributed by atoms with Gasteiger partial charge in [-0.25, -0.2) is 4.39 Å². The normalized spacial score (nSPS) is 12.4. The Bertz CT molecular complexity index is 438. The van der Waals surface area contributed by atoms with Gasteiger partial charge in [0.05, 0.1) is 0 Å². The zero-order valence-electron chi connectivity index (χ0n) is 7.94. The molecule has 0 amide bonds. The van der Waals surface area contributed by atoms with Crippen molar-refractivity contribution >= 4 is 21.9 Å². The number of benzene rings is 1. The predicted molar refractivity (Wildman–Crippen MR) is 56.7 cm³/mol. The third kappa shape index (κ3) is 2.42. The Morgan fingerprint density at radius 1 is 1.50 bits per heavy atom. The molecule has 0 aromatic heterocycles. The fourth-order valence-corrected chi connectivity index (χ4v) is 1.69. The number of carboxylic acid groups (broad SMARTS) is 1. The van der Waals surface area contributed by atoms with Crippen LogP contribution in [0.1, 0.15) is 5.56 Å². The lowest BCUT2D eigenvalue weighted by Crippen LogP contribution is -2.32. The highest BCUT2D eigenvalue weighted by molar-refractivity contribution is 9.10.